The molecule has 2 nitrogen and oxygen atoms in total. The van der Waals surface area contributed by atoms with E-state index in [0.717, 1.165) is 12.5 Å². The van der Waals surface area contributed by atoms with Gasteiger partial charge in [-0.05, 0) is 24.5 Å². The summed E-state index contributed by atoms with van der Waals surface area (Å²) >= 11 is 3.08. The van der Waals surface area contributed by atoms with Crippen molar-refractivity contribution in [1.82, 2.24) is 0 Å². The lowest BCUT2D eigenvalue weighted by molar-refractivity contribution is 0.0910. The third-order valence-corrected chi connectivity index (χ3v) is 2.74. The van der Waals surface area contributed by atoms with Crippen molar-refractivity contribution >= 4 is 15.9 Å². The van der Waals surface area contributed by atoms with Crippen molar-refractivity contribution in [2.24, 2.45) is 5.92 Å². The Labute approximate surface area is 114 Å². The van der Waals surface area contributed by atoms with Crippen molar-refractivity contribution in [3.05, 3.63) is 28.2 Å². The molecule has 0 amide bonds. The number of ether oxygens (including phenoxy) is 2. The third-order valence-electron chi connectivity index (χ3n) is 2.28. The fraction of sp³-hybridized carbons (Fsp3) is 0.538. The molecule has 0 fully saturated rings. The molecule has 18 heavy (non-hydrogen) atoms. The molecule has 0 atom stereocenters. The Morgan fingerprint density at radius 2 is 1.89 bits per heavy atom. The van der Waals surface area contributed by atoms with Crippen LogP contribution in [-0.4, -0.2) is 19.8 Å². The Balaban J connectivity index is 2.31. The van der Waals surface area contributed by atoms with Crippen LogP contribution >= 0.6 is 15.9 Å². The van der Waals surface area contributed by atoms with Crippen LogP contribution in [0.25, 0.3) is 0 Å². The molecule has 0 saturated carbocycles. The van der Waals surface area contributed by atoms with Crippen molar-refractivity contribution in [3.8, 4) is 5.75 Å². The van der Waals surface area contributed by atoms with Gasteiger partial charge < -0.3 is 9.47 Å². The number of rotatable bonds is 7. The van der Waals surface area contributed by atoms with Crippen molar-refractivity contribution in [1.29, 1.82) is 0 Å². The minimum atomic E-state index is -0.972. The van der Waals surface area contributed by atoms with Crippen molar-refractivity contribution in [2.75, 3.05) is 19.8 Å². The molecule has 0 aliphatic heterocycles. The molecule has 1 aromatic carbocycles. The minimum absolute atomic E-state index is 0.102. The molecule has 0 bridgehead atoms. The van der Waals surface area contributed by atoms with Gasteiger partial charge in [0.1, 0.15) is 6.61 Å². The largest absolute Gasteiger partial charge is 0.488 e. The average molecular weight is 323 g/mol. The van der Waals surface area contributed by atoms with Crippen LogP contribution in [0.4, 0.5) is 8.78 Å². The van der Waals surface area contributed by atoms with E-state index in [0.29, 0.717) is 23.6 Å². The second-order valence-electron chi connectivity index (χ2n) is 4.34. The monoisotopic (exact) mass is 322 g/mol. The van der Waals surface area contributed by atoms with Gasteiger partial charge in [-0.3, -0.25) is 0 Å². The smallest absolute Gasteiger partial charge is 0.200 e. The van der Waals surface area contributed by atoms with E-state index >= 15 is 0 Å². The highest BCUT2D eigenvalue weighted by atomic mass is 79.9. The van der Waals surface area contributed by atoms with Crippen LogP contribution in [0.1, 0.15) is 20.3 Å². The summed E-state index contributed by atoms with van der Waals surface area (Å²) in [6.45, 7) is 5.43. The van der Waals surface area contributed by atoms with Gasteiger partial charge in [-0.25, -0.2) is 4.39 Å². The summed E-state index contributed by atoms with van der Waals surface area (Å²) in [7, 11) is 0. The van der Waals surface area contributed by atoms with E-state index in [4.69, 9.17) is 9.47 Å². The van der Waals surface area contributed by atoms with Gasteiger partial charge in [-0.15, -0.1) is 0 Å². The highest BCUT2D eigenvalue weighted by molar-refractivity contribution is 9.10. The molecule has 1 aromatic rings. The van der Waals surface area contributed by atoms with Gasteiger partial charge in [0, 0.05) is 11.1 Å². The summed E-state index contributed by atoms with van der Waals surface area (Å²) in [5.41, 5.74) is 0. The van der Waals surface area contributed by atoms with Gasteiger partial charge in [0.05, 0.1) is 6.61 Å². The SMILES string of the molecule is CC(C)CCOCCOc1cc(Br)cc(F)c1F. The Morgan fingerprint density at radius 3 is 2.56 bits per heavy atom. The second-order valence-corrected chi connectivity index (χ2v) is 5.26. The van der Waals surface area contributed by atoms with Gasteiger partial charge in [0.2, 0.25) is 5.82 Å². The zero-order chi connectivity index (χ0) is 13.5. The van der Waals surface area contributed by atoms with E-state index in [2.05, 4.69) is 29.8 Å². The molecule has 102 valence electrons. The summed E-state index contributed by atoms with van der Waals surface area (Å²) in [6, 6.07) is 2.45. The third kappa shape index (κ3) is 5.31. The minimum Gasteiger partial charge on any atom is -0.488 e. The maximum absolute atomic E-state index is 13.3. The van der Waals surface area contributed by atoms with Crippen molar-refractivity contribution in [2.45, 2.75) is 20.3 Å². The highest BCUT2D eigenvalue weighted by Gasteiger charge is 2.10. The van der Waals surface area contributed by atoms with Crippen molar-refractivity contribution < 1.29 is 18.3 Å². The van der Waals surface area contributed by atoms with Gasteiger partial charge in [0.15, 0.2) is 11.6 Å². The van der Waals surface area contributed by atoms with Crippen LogP contribution in [0, 0.1) is 17.6 Å². The van der Waals surface area contributed by atoms with Crippen LogP contribution in [0.2, 0.25) is 0 Å². The topological polar surface area (TPSA) is 18.5 Å². The first-order chi connectivity index (χ1) is 8.50. The first-order valence-corrected chi connectivity index (χ1v) is 6.65. The predicted molar refractivity (Wildman–Crippen MR) is 69.8 cm³/mol. The molecule has 0 radical (unpaired) electrons. The average Bonchev–Trinajstić information content (AvgIpc) is 2.29. The fourth-order valence-corrected chi connectivity index (χ4v) is 1.68. The Bertz CT molecular complexity index is 383. The zero-order valence-corrected chi connectivity index (χ0v) is 12.1. The molecule has 0 unspecified atom stereocenters. The number of hydrogen-bond donors (Lipinski definition) is 0. The summed E-state index contributed by atoms with van der Waals surface area (Å²) in [4.78, 5) is 0. The molecular weight excluding hydrogens is 306 g/mol. The van der Waals surface area contributed by atoms with Gasteiger partial charge >= 0.3 is 0 Å². The summed E-state index contributed by atoms with van der Waals surface area (Å²) in [5.74, 6) is -1.42. The molecule has 5 heteroatoms. The first kappa shape index (κ1) is 15.4. The maximum atomic E-state index is 13.3. The van der Waals surface area contributed by atoms with E-state index in [-0.39, 0.29) is 12.4 Å². The van der Waals surface area contributed by atoms with E-state index in [9.17, 15) is 8.78 Å². The van der Waals surface area contributed by atoms with Crippen LogP contribution in [0.15, 0.2) is 16.6 Å². The number of hydrogen-bond acceptors (Lipinski definition) is 2. The zero-order valence-electron chi connectivity index (χ0n) is 10.5. The molecule has 0 saturated heterocycles. The molecule has 0 spiro atoms. The second kappa shape index (κ2) is 7.69. The highest BCUT2D eigenvalue weighted by Crippen LogP contribution is 2.25. The predicted octanol–water partition coefficient (Wildman–Crippen LogP) is 4.17. The van der Waals surface area contributed by atoms with E-state index in [1.165, 1.54) is 6.07 Å². The lowest BCUT2D eigenvalue weighted by Gasteiger charge is -2.09. The summed E-state index contributed by atoms with van der Waals surface area (Å²) in [5, 5.41) is 0. The van der Waals surface area contributed by atoms with E-state index < -0.39 is 11.6 Å². The van der Waals surface area contributed by atoms with Crippen LogP contribution in [-0.2, 0) is 4.74 Å². The standard InChI is InChI=1S/C13H17BrF2O2/c1-9(2)3-4-17-5-6-18-12-8-10(14)7-11(15)13(12)16/h7-9H,3-6H2,1-2H3. The summed E-state index contributed by atoms with van der Waals surface area (Å²) < 4.78 is 37.2. The fourth-order valence-electron chi connectivity index (χ4n) is 1.27. The van der Waals surface area contributed by atoms with E-state index in [1.54, 1.807) is 0 Å². The summed E-state index contributed by atoms with van der Waals surface area (Å²) in [6.07, 6.45) is 0.972. The van der Waals surface area contributed by atoms with Gasteiger partial charge in [-0.2, -0.15) is 4.39 Å². The maximum Gasteiger partial charge on any atom is 0.200 e. The quantitative estimate of drug-likeness (QED) is 0.554. The first-order valence-electron chi connectivity index (χ1n) is 5.85. The molecule has 0 heterocycles. The molecule has 0 N–H and O–H groups in total. The molecular formula is C13H17BrF2O2. The van der Waals surface area contributed by atoms with Crippen LogP contribution in [0.5, 0.6) is 5.75 Å². The number of benzene rings is 1. The molecule has 0 aromatic heterocycles. The van der Waals surface area contributed by atoms with Gasteiger partial charge in [-0.1, -0.05) is 29.8 Å². The Hall–Kier alpha value is -0.680. The van der Waals surface area contributed by atoms with E-state index in [1.807, 2.05) is 0 Å². The lowest BCUT2D eigenvalue weighted by atomic mass is 10.1. The molecule has 0 aliphatic rings. The molecule has 1 rings (SSSR count). The Kier molecular flexibility index (Phi) is 6.57. The number of halogens is 3. The van der Waals surface area contributed by atoms with Crippen molar-refractivity contribution in [3.63, 3.8) is 0 Å². The lowest BCUT2D eigenvalue weighted by Crippen LogP contribution is -2.09. The van der Waals surface area contributed by atoms with Crippen LogP contribution in [0.3, 0.4) is 0 Å². The van der Waals surface area contributed by atoms with Crippen LogP contribution < -0.4 is 4.74 Å². The van der Waals surface area contributed by atoms with Gasteiger partial charge in [0.25, 0.3) is 0 Å². The normalized spacial score (nSPS) is 11.0. The molecule has 0 aliphatic carbocycles. The Morgan fingerprint density at radius 1 is 1.17 bits per heavy atom.